The highest BCUT2D eigenvalue weighted by Crippen LogP contribution is 2.10. The maximum absolute atomic E-state index is 11.8. The zero-order valence-electron chi connectivity index (χ0n) is 12.1. The second kappa shape index (κ2) is 8.89. The predicted octanol–water partition coefficient (Wildman–Crippen LogP) is 0.905. The lowest BCUT2D eigenvalue weighted by Crippen LogP contribution is -2.28. The standard InChI is InChI=1S/C15H21N3O3/c1-3-8-17-15(20)11-4-6-12(7-5-11)18-14(19)9-13(10-16)21-2/h3-7,13H,1,8-10,16H2,2H3,(H,17,20)(H,18,19). The first kappa shape index (κ1) is 16.9. The van der Waals surface area contributed by atoms with Crippen LogP contribution in [-0.2, 0) is 9.53 Å². The molecule has 1 rings (SSSR count). The van der Waals surface area contributed by atoms with E-state index in [0.717, 1.165) is 0 Å². The number of rotatable bonds is 8. The molecule has 1 aromatic rings. The van der Waals surface area contributed by atoms with Crippen molar-refractivity contribution in [2.75, 3.05) is 25.5 Å². The molecule has 0 aromatic heterocycles. The van der Waals surface area contributed by atoms with Crippen LogP contribution in [-0.4, -0.2) is 38.1 Å². The summed E-state index contributed by atoms with van der Waals surface area (Å²) in [5.41, 5.74) is 6.60. The summed E-state index contributed by atoms with van der Waals surface area (Å²) in [7, 11) is 1.52. The fraction of sp³-hybridized carbons (Fsp3) is 0.333. The molecule has 0 aliphatic rings. The second-order valence-corrected chi connectivity index (χ2v) is 4.42. The van der Waals surface area contributed by atoms with Crippen LogP contribution in [0.5, 0.6) is 0 Å². The van der Waals surface area contributed by atoms with Gasteiger partial charge in [0.15, 0.2) is 0 Å². The van der Waals surface area contributed by atoms with Crippen molar-refractivity contribution in [3.8, 4) is 0 Å². The van der Waals surface area contributed by atoms with E-state index < -0.39 is 0 Å². The van der Waals surface area contributed by atoms with E-state index in [1.165, 1.54) is 7.11 Å². The Morgan fingerprint density at radius 3 is 2.57 bits per heavy atom. The number of hydrogen-bond acceptors (Lipinski definition) is 4. The highest BCUT2D eigenvalue weighted by atomic mass is 16.5. The summed E-state index contributed by atoms with van der Waals surface area (Å²) in [6, 6.07) is 6.63. The SMILES string of the molecule is C=CCNC(=O)c1ccc(NC(=O)CC(CN)OC)cc1. The number of carbonyl (C=O) groups is 2. The Balaban J connectivity index is 2.56. The van der Waals surface area contributed by atoms with Gasteiger partial charge in [0.25, 0.3) is 5.91 Å². The smallest absolute Gasteiger partial charge is 0.251 e. The minimum atomic E-state index is -0.297. The van der Waals surface area contributed by atoms with Crippen molar-refractivity contribution in [1.29, 1.82) is 0 Å². The highest BCUT2D eigenvalue weighted by molar-refractivity contribution is 5.95. The molecular weight excluding hydrogens is 270 g/mol. The summed E-state index contributed by atoms with van der Waals surface area (Å²) < 4.78 is 5.05. The molecule has 21 heavy (non-hydrogen) atoms. The number of nitrogens with two attached hydrogens (primary N) is 1. The Bertz CT molecular complexity index is 481. The molecule has 1 aromatic carbocycles. The van der Waals surface area contributed by atoms with Gasteiger partial charge in [-0.2, -0.15) is 0 Å². The molecule has 0 spiro atoms. The molecule has 0 aliphatic carbocycles. The molecule has 1 unspecified atom stereocenters. The first-order chi connectivity index (χ1) is 10.1. The third-order valence-corrected chi connectivity index (χ3v) is 2.85. The minimum absolute atomic E-state index is 0.184. The van der Waals surface area contributed by atoms with E-state index in [4.69, 9.17) is 10.5 Å². The number of anilines is 1. The van der Waals surface area contributed by atoms with Crippen molar-refractivity contribution < 1.29 is 14.3 Å². The Morgan fingerprint density at radius 2 is 2.05 bits per heavy atom. The summed E-state index contributed by atoms with van der Waals surface area (Å²) >= 11 is 0. The molecule has 1 atom stereocenters. The molecule has 0 fully saturated rings. The highest BCUT2D eigenvalue weighted by Gasteiger charge is 2.11. The molecule has 6 nitrogen and oxygen atoms in total. The number of benzene rings is 1. The van der Waals surface area contributed by atoms with Gasteiger partial charge < -0.3 is 21.1 Å². The van der Waals surface area contributed by atoms with Gasteiger partial charge in [0.2, 0.25) is 5.91 Å². The van der Waals surface area contributed by atoms with Crippen LogP contribution in [0.15, 0.2) is 36.9 Å². The van der Waals surface area contributed by atoms with Crippen LogP contribution in [0, 0.1) is 0 Å². The van der Waals surface area contributed by atoms with Crippen LogP contribution in [0.3, 0.4) is 0 Å². The minimum Gasteiger partial charge on any atom is -0.380 e. The quantitative estimate of drug-likeness (QED) is 0.620. The molecule has 114 valence electrons. The van der Waals surface area contributed by atoms with E-state index in [1.807, 2.05) is 0 Å². The van der Waals surface area contributed by atoms with Crippen molar-refractivity contribution >= 4 is 17.5 Å². The van der Waals surface area contributed by atoms with Gasteiger partial charge in [-0.05, 0) is 24.3 Å². The fourth-order valence-corrected chi connectivity index (χ4v) is 1.65. The van der Waals surface area contributed by atoms with Gasteiger partial charge in [0, 0.05) is 31.5 Å². The van der Waals surface area contributed by atoms with E-state index in [-0.39, 0.29) is 30.9 Å². The first-order valence-corrected chi connectivity index (χ1v) is 6.62. The number of amides is 2. The van der Waals surface area contributed by atoms with Gasteiger partial charge in [-0.15, -0.1) is 6.58 Å². The van der Waals surface area contributed by atoms with E-state index >= 15 is 0 Å². The number of hydrogen-bond donors (Lipinski definition) is 3. The number of carbonyl (C=O) groups excluding carboxylic acids is 2. The van der Waals surface area contributed by atoms with Gasteiger partial charge in [-0.25, -0.2) is 0 Å². The lowest BCUT2D eigenvalue weighted by atomic mass is 10.2. The van der Waals surface area contributed by atoms with Crippen LogP contribution >= 0.6 is 0 Å². The normalized spacial score (nSPS) is 11.5. The van der Waals surface area contributed by atoms with Gasteiger partial charge in [0.05, 0.1) is 12.5 Å². The Hall–Kier alpha value is -2.18. The molecule has 0 radical (unpaired) electrons. The average Bonchev–Trinajstić information content (AvgIpc) is 2.50. The Labute approximate surface area is 124 Å². The van der Waals surface area contributed by atoms with E-state index in [1.54, 1.807) is 30.3 Å². The molecule has 6 heteroatoms. The van der Waals surface area contributed by atoms with Gasteiger partial charge >= 0.3 is 0 Å². The lowest BCUT2D eigenvalue weighted by molar-refractivity contribution is -0.118. The number of ether oxygens (including phenoxy) is 1. The summed E-state index contributed by atoms with van der Waals surface area (Å²) in [4.78, 5) is 23.4. The molecule has 0 saturated heterocycles. The molecular formula is C15H21N3O3. The number of nitrogens with one attached hydrogen (secondary N) is 2. The van der Waals surface area contributed by atoms with Crippen LogP contribution in [0.4, 0.5) is 5.69 Å². The van der Waals surface area contributed by atoms with Gasteiger partial charge in [-0.3, -0.25) is 9.59 Å². The number of methoxy groups -OCH3 is 1. The molecule has 0 saturated carbocycles. The van der Waals surface area contributed by atoms with Gasteiger partial charge in [0.1, 0.15) is 0 Å². The van der Waals surface area contributed by atoms with Gasteiger partial charge in [-0.1, -0.05) is 6.08 Å². The first-order valence-electron chi connectivity index (χ1n) is 6.62. The zero-order valence-corrected chi connectivity index (χ0v) is 12.1. The largest absolute Gasteiger partial charge is 0.380 e. The zero-order chi connectivity index (χ0) is 15.7. The maximum atomic E-state index is 11.8. The Kier molecular flexibility index (Phi) is 7.14. The van der Waals surface area contributed by atoms with Crippen molar-refractivity contribution in [2.45, 2.75) is 12.5 Å². The predicted molar refractivity (Wildman–Crippen MR) is 82.1 cm³/mol. The van der Waals surface area contributed by atoms with Crippen molar-refractivity contribution in [2.24, 2.45) is 5.73 Å². The molecule has 0 bridgehead atoms. The lowest BCUT2D eigenvalue weighted by Gasteiger charge is -2.12. The van der Waals surface area contributed by atoms with Crippen molar-refractivity contribution in [1.82, 2.24) is 5.32 Å². The van der Waals surface area contributed by atoms with E-state index in [0.29, 0.717) is 17.8 Å². The monoisotopic (exact) mass is 291 g/mol. The fourth-order valence-electron chi connectivity index (χ4n) is 1.65. The molecule has 2 amide bonds. The van der Waals surface area contributed by atoms with Crippen molar-refractivity contribution in [3.05, 3.63) is 42.5 Å². The van der Waals surface area contributed by atoms with E-state index in [9.17, 15) is 9.59 Å². The second-order valence-electron chi connectivity index (χ2n) is 4.42. The maximum Gasteiger partial charge on any atom is 0.251 e. The summed E-state index contributed by atoms with van der Waals surface area (Å²) in [5.74, 6) is -0.369. The average molecular weight is 291 g/mol. The van der Waals surface area contributed by atoms with Crippen LogP contribution in [0.25, 0.3) is 0 Å². The summed E-state index contributed by atoms with van der Waals surface area (Å²) in [5, 5.41) is 5.40. The third-order valence-electron chi connectivity index (χ3n) is 2.85. The van der Waals surface area contributed by atoms with Crippen LogP contribution in [0.2, 0.25) is 0 Å². The van der Waals surface area contributed by atoms with Crippen molar-refractivity contribution in [3.63, 3.8) is 0 Å². The van der Waals surface area contributed by atoms with Crippen LogP contribution < -0.4 is 16.4 Å². The van der Waals surface area contributed by atoms with Crippen LogP contribution in [0.1, 0.15) is 16.8 Å². The molecule has 0 aliphatic heterocycles. The third kappa shape index (κ3) is 5.76. The Morgan fingerprint density at radius 1 is 1.38 bits per heavy atom. The summed E-state index contributed by atoms with van der Waals surface area (Å²) in [6.45, 7) is 4.22. The topological polar surface area (TPSA) is 93.5 Å². The van der Waals surface area contributed by atoms with E-state index in [2.05, 4.69) is 17.2 Å². The molecule has 0 heterocycles. The summed E-state index contributed by atoms with van der Waals surface area (Å²) in [6.07, 6.45) is 1.50. The molecule has 4 N–H and O–H groups in total.